The van der Waals surface area contributed by atoms with Crippen LogP contribution < -0.4 is 0 Å². The minimum atomic E-state index is -0.888. The van der Waals surface area contributed by atoms with Gasteiger partial charge in [-0.05, 0) is 18.1 Å². The van der Waals surface area contributed by atoms with Gasteiger partial charge in [0, 0.05) is 6.54 Å². The average molecular weight is 330 g/mol. The van der Waals surface area contributed by atoms with Crippen molar-refractivity contribution in [2.75, 3.05) is 0 Å². The van der Waals surface area contributed by atoms with Crippen LogP contribution in [0.4, 0.5) is 8.78 Å². The van der Waals surface area contributed by atoms with E-state index in [9.17, 15) is 8.78 Å². The first-order valence-electron chi connectivity index (χ1n) is 5.97. The van der Waals surface area contributed by atoms with Crippen molar-refractivity contribution in [1.82, 2.24) is 14.8 Å². The third-order valence-electron chi connectivity index (χ3n) is 2.69. The molecule has 0 bridgehead atoms. The molecule has 0 aliphatic carbocycles. The summed E-state index contributed by atoms with van der Waals surface area (Å²) in [6.07, 6.45) is 0. The van der Waals surface area contributed by atoms with Gasteiger partial charge < -0.3 is 4.57 Å². The summed E-state index contributed by atoms with van der Waals surface area (Å²) < 4.78 is 29.0. The average Bonchev–Trinajstić information content (AvgIpc) is 2.75. The van der Waals surface area contributed by atoms with E-state index in [2.05, 4.69) is 26.1 Å². The summed E-state index contributed by atoms with van der Waals surface area (Å²) >= 11 is 3.33. The minimum Gasteiger partial charge on any atom is -0.310 e. The van der Waals surface area contributed by atoms with Crippen molar-refractivity contribution in [2.45, 2.75) is 25.7 Å². The molecule has 0 fully saturated rings. The third-order valence-corrected chi connectivity index (χ3v) is 3.19. The topological polar surface area (TPSA) is 30.7 Å². The highest BCUT2D eigenvalue weighted by atomic mass is 79.9. The molecule has 19 heavy (non-hydrogen) atoms. The normalized spacial score (nSPS) is 11.3. The van der Waals surface area contributed by atoms with E-state index < -0.39 is 11.6 Å². The van der Waals surface area contributed by atoms with Gasteiger partial charge in [-0.1, -0.05) is 35.8 Å². The van der Waals surface area contributed by atoms with Crippen LogP contribution in [0.15, 0.2) is 18.2 Å². The fourth-order valence-electron chi connectivity index (χ4n) is 1.87. The molecule has 6 heteroatoms. The maximum absolute atomic E-state index is 13.9. The second-order valence-corrected chi connectivity index (χ2v) is 5.24. The van der Waals surface area contributed by atoms with E-state index in [1.54, 1.807) is 0 Å². The Morgan fingerprint density at radius 1 is 1.26 bits per heavy atom. The Bertz CT molecular complexity index is 581. The lowest BCUT2D eigenvalue weighted by Gasteiger charge is -2.12. The van der Waals surface area contributed by atoms with Gasteiger partial charge in [0.25, 0.3) is 0 Å². The number of hydrogen-bond acceptors (Lipinski definition) is 2. The Labute approximate surface area is 118 Å². The van der Waals surface area contributed by atoms with Gasteiger partial charge in [0.15, 0.2) is 17.5 Å². The Hall–Kier alpha value is -1.30. The fourth-order valence-corrected chi connectivity index (χ4v) is 2.28. The number of nitrogens with zero attached hydrogens (tertiary/aromatic N) is 3. The molecule has 2 aromatic rings. The van der Waals surface area contributed by atoms with Gasteiger partial charge in [-0.15, -0.1) is 10.2 Å². The van der Waals surface area contributed by atoms with E-state index in [1.165, 1.54) is 12.1 Å². The van der Waals surface area contributed by atoms with Crippen LogP contribution >= 0.6 is 15.9 Å². The first-order chi connectivity index (χ1) is 9.04. The van der Waals surface area contributed by atoms with Gasteiger partial charge in [-0.2, -0.15) is 0 Å². The van der Waals surface area contributed by atoms with E-state index in [0.717, 1.165) is 6.07 Å². The lowest BCUT2D eigenvalue weighted by atomic mass is 10.1. The van der Waals surface area contributed by atoms with Crippen LogP contribution in [0.1, 0.15) is 19.7 Å². The predicted octanol–water partition coefficient (Wildman–Crippen LogP) is 3.77. The summed E-state index contributed by atoms with van der Waals surface area (Å²) in [5.74, 6) is -0.352. The standard InChI is InChI=1S/C13H14BrF2N3/c1-8(2)7-19-11(6-14)17-18-13(19)9-4-3-5-10(15)12(9)16/h3-5,8H,6-7H2,1-2H3. The molecule has 1 heterocycles. The smallest absolute Gasteiger partial charge is 0.169 e. The predicted molar refractivity (Wildman–Crippen MR) is 72.8 cm³/mol. The van der Waals surface area contributed by atoms with E-state index in [0.29, 0.717) is 29.4 Å². The van der Waals surface area contributed by atoms with Crippen molar-refractivity contribution in [2.24, 2.45) is 5.92 Å². The highest BCUT2D eigenvalue weighted by molar-refractivity contribution is 9.08. The van der Waals surface area contributed by atoms with Crippen LogP contribution in [0, 0.1) is 17.6 Å². The van der Waals surface area contributed by atoms with Gasteiger partial charge in [0.2, 0.25) is 0 Å². The molecule has 0 aliphatic heterocycles. The maximum Gasteiger partial charge on any atom is 0.169 e. The summed E-state index contributed by atoms with van der Waals surface area (Å²) in [4.78, 5) is 0. The van der Waals surface area contributed by atoms with Gasteiger partial charge in [-0.25, -0.2) is 8.78 Å². The maximum atomic E-state index is 13.9. The van der Waals surface area contributed by atoms with Crippen LogP contribution in [0.5, 0.6) is 0 Å². The van der Waals surface area contributed by atoms with Crippen LogP contribution in [0.2, 0.25) is 0 Å². The summed E-state index contributed by atoms with van der Waals surface area (Å²) in [6, 6.07) is 4.07. The Balaban J connectivity index is 2.55. The molecule has 1 aromatic carbocycles. The number of halogens is 3. The quantitative estimate of drug-likeness (QED) is 0.799. The molecule has 102 valence electrons. The first-order valence-corrected chi connectivity index (χ1v) is 7.09. The van der Waals surface area contributed by atoms with E-state index in [1.807, 2.05) is 18.4 Å². The van der Waals surface area contributed by atoms with Crippen molar-refractivity contribution in [3.8, 4) is 11.4 Å². The largest absolute Gasteiger partial charge is 0.310 e. The molecular weight excluding hydrogens is 316 g/mol. The van der Waals surface area contributed by atoms with Gasteiger partial charge in [0.1, 0.15) is 5.82 Å². The molecule has 0 atom stereocenters. The van der Waals surface area contributed by atoms with E-state index >= 15 is 0 Å². The summed E-state index contributed by atoms with van der Waals surface area (Å²) in [5.41, 5.74) is 0.139. The highest BCUT2D eigenvalue weighted by Gasteiger charge is 2.18. The lowest BCUT2D eigenvalue weighted by Crippen LogP contribution is -2.10. The van der Waals surface area contributed by atoms with Crippen LogP contribution in [-0.4, -0.2) is 14.8 Å². The molecule has 3 nitrogen and oxygen atoms in total. The Morgan fingerprint density at radius 3 is 2.63 bits per heavy atom. The molecule has 0 aliphatic rings. The second-order valence-electron chi connectivity index (χ2n) is 4.68. The number of hydrogen-bond donors (Lipinski definition) is 0. The van der Waals surface area contributed by atoms with E-state index in [-0.39, 0.29) is 5.56 Å². The zero-order chi connectivity index (χ0) is 14.0. The molecule has 0 unspecified atom stereocenters. The van der Waals surface area contributed by atoms with Gasteiger partial charge >= 0.3 is 0 Å². The molecule has 1 aromatic heterocycles. The third kappa shape index (κ3) is 2.83. The van der Waals surface area contributed by atoms with Crippen molar-refractivity contribution in [3.05, 3.63) is 35.7 Å². The van der Waals surface area contributed by atoms with E-state index in [4.69, 9.17) is 0 Å². The summed E-state index contributed by atoms with van der Waals surface area (Å²) in [5, 5.41) is 8.52. The lowest BCUT2D eigenvalue weighted by molar-refractivity contribution is 0.501. The molecule has 0 N–H and O–H groups in total. The molecule has 2 rings (SSSR count). The molecule has 0 amide bonds. The number of aromatic nitrogens is 3. The molecule has 0 radical (unpaired) electrons. The number of benzene rings is 1. The monoisotopic (exact) mass is 329 g/mol. The van der Waals surface area contributed by atoms with Crippen molar-refractivity contribution in [1.29, 1.82) is 0 Å². The zero-order valence-electron chi connectivity index (χ0n) is 10.7. The first kappa shape index (κ1) is 14.1. The van der Waals surface area contributed by atoms with Crippen molar-refractivity contribution >= 4 is 15.9 Å². The second kappa shape index (κ2) is 5.77. The minimum absolute atomic E-state index is 0.139. The SMILES string of the molecule is CC(C)Cn1c(CBr)nnc1-c1cccc(F)c1F. The number of alkyl halides is 1. The Kier molecular flexibility index (Phi) is 4.29. The van der Waals surface area contributed by atoms with Gasteiger partial charge in [-0.3, -0.25) is 0 Å². The van der Waals surface area contributed by atoms with Gasteiger partial charge in [0.05, 0.1) is 10.9 Å². The summed E-state index contributed by atoms with van der Waals surface area (Å²) in [7, 11) is 0. The van der Waals surface area contributed by atoms with Crippen LogP contribution in [0.3, 0.4) is 0 Å². The molecule has 0 saturated carbocycles. The van der Waals surface area contributed by atoms with Crippen molar-refractivity contribution < 1.29 is 8.78 Å². The number of rotatable bonds is 4. The highest BCUT2D eigenvalue weighted by Crippen LogP contribution is 2.25. The summed E-state index contributed by atoms with van der Waals surface area (Å²) in [6.45, 7) is 4.74. The molecule has 0 saturated heterocycles. The van der Waals surface area contributed by atoms with Crippen LogP contribution in [-0.2, 0) is 11.9 Å². The van der Waals surface area contributed by atoms with Crippen LogP contribution in [0.25, 0.3) is 11.4 Å². The molecular formula is C13H14BrF2N3. The Morgan fingerprint density at radius 2 is 2.00 bits per heavy atom. The zero-order valence-corrected chi connectivity index (χ0v) is 12.3. The fraction of sp³-hybridized carbons (Fsp3) is 0.385. The molecule has 0 spiro atoms. The van der Waals surface area contributed by atoms with Crippen molar-refractivity contribution in [3.63, 3.8) is 0 Å².